The standard InChI is InChI=1S/C22H40N4O2.HI/c1-6-7-14-27-16-17-28-15-13-24-21(23-5)25-18-22(3,4)26-19(2)20-11-9-8-10-12-20;/h8-12,19,26H,6-7,13-18H2,1-5H3,(H2,23,24,25);1H. The SMILES string of the molecule is CCCCOCCOCCNC(=NC)NCC(C)(C)NC(C)c1ccccc1.I. The highest BCUT2D eigenvalue weighted by molar-refractivity contribution is 14.0. The molecule has 3 N–H and O–H groups in total. The average molecular weight is 521 g/mol. The lowest BCUT2D eigenvalue weighted by atomic mass is 10.0. The molecule has 29 heavy (non-hydrogen) atoms. The topological polar surface area (TPSA) is 66.9 Å². The molecule has 1 aromatic rings. The summed E-state index contributed by atoms with van der Waals surface area (Å²) in [6, 6.07) is 10.8. The Morgan fingerprint density at radius 2 is 1.69 bits per heavy atom. The molecule has 0 aliphatic heterocycles. The number of ether oxygens (including phenoxy) is 2. The molecular formula is C22H41IN4O2. The van der Waals surface area contributed by atoms with Gasteiger partial charge in [0.05, 0.1) is 19.8 Å². The number of benzene rings is 1. The molecule has 168 valence electrons. The van der Waals surface area contributed by atoms with Crippen LogP contribution in [0.25, 0.3) is 0 Å². The third kappa shape index (κ3) is 13.9. The van der Waals surface area contributed by atoms with Gasteiger partial charge in [-0.05, 0) is 32.8 Å². The fourth-order valence-electron chi connectivity index (χ4n) is 2.80. The molecule has 1 unspecified atom stereocenters. The first kappa shape index (κ1) is 28.1. The zero-order valence-electron chi connectivity index (χ0n) is 18.8. The van der Waals surface area contributed by atoms with Crippen LogP contribution in [-0.4, -0.2) is 58.1 Å². The Morgan fingerprint density at radius 3 is 2.31 bits per heavy atom. The molecule has 0 fully saturated rings. The molecule has 6 nitrogen and oxygen atoms in total. The highest BCUT2D eigenvalue weighted by Gasteiger charge is 2.21. The van der Waals surface area contributed by atoms with E-state index >= 15 is 0 Å². The van der Waals surface area contributed by atoms with Crippen molar-refractivity contribution < 1.29 is 9.47 Å². The average Bonchev–Trinajstić information content (AvgIpc) is 2.69. The Kier molecular flexibility index (Phi) is 16.3. The lowest BCUT2D eigenvalue weighted by molar-refractivity contribution is 0.0487. The van der Waals surface area contributed by atoms with E-state index in [0.29, 0.717) is 26.4 Å². The molecule has 0 saturated heterocycles. The lowest BCUT2D eigenvalue weighted by Gasteiger charge is -2.31. The van der Waals surface area contributed by atoms with Crippen molar-refractivity contribution in [1.82, 2.24) is 16.0 Å². The van der Waals surface area contributed by atoms with Crippen LogP contribution in [-0.2, 0) is 9.47 Å². The van der Waals surface area contributed by atoms with Gasteiger partial charge >= 0.3 is 0 Å². The van der Waals surface area contributed by atoms with Gasteiger partial charge in [0.25, 0.3) is 0 Å². The monoisotopic (exact) mass is 520 g/mol. The van der Waals surface area contributed by atoms with Crippen LogP contribution in [0.3, 0.4) is 0 Å². The third-order valence-electron chi connectivity index (χ3n) is 4.38. The Labute approximate surface area is 194 Å². The van der Waals surface area contributed by atoms with Gasteiger partial charge < -0.3 is 25.4 Å². The molecule has 0 radical (unpaired) electrons. The summed E-state index contributed by atoms with van der Waals surface area (Å²) >= 11 is 0. The van der Waals surface area contributed by atoms with E-state index in [2.05, 4.69) is 72.9 Å². The van der Waals surface area contributed by atoms with E-state index in [1.807, 2.05) is 6.07 Å². The number of unbranched alkanes of at least 4 members (excludes halogenated alkanes) is 1. The molecule has 1 atom stereocenters. The Hall–Kier alpha value is -0.900. The molecule has 0 aliphatic carbocycles. The predicted octanol–water partition coefficient (Wildman–Crippen LogP) is 3.73. The molecule has 7 heteroatoms. The largest absolute Gasteiger partial charge is 0.379 e. The van der Waals surface area contributed by atoms with Crippen molar-refractivity contribution in [2.75, 3.05) is 46.6 Å². The van der Waals surface area contributed by atoms with Gasteiger partial charge in [-0.15, -0.1) is 24.0 Å². The maximum Gasteiger partial charge on any atom is 0.191 e. The van der Waals surface area contributed by atoms with E-state index in [4.69, 9.17) is 9.47 Å². The Balaban J connectivity index is 0.00000784. The summed E-state index contributed by atoms with van der Waals surface area (Å²) in [5.41, 5.74) is 1.20. The van der Waals surface area contributed by atoms with Crippen LogP contribution in [0.4, 0.5) is 0 Å². The normalized spacial score (nSPS) is 12.9. The second-order valence-electron chi connectivity index (χ2n) is 7.59. The van der Waals surface area contributed by atoms with Crippen LogP contribution in [0.1, 0.15) is 52.1 Å². The fraction of sp³-hybridized carbons (Fsp3) is 0.682. The van der Waals surface area contributed by atoms with Crippen LogP contribution in [0.5, 0.6) is 0 Å². The van der Waals surface area contributed by atoms with E-state index < -0.39 is 0 Å². The lowest BCUT2D eigenvalue weighted by Crippen LogP contribution is -2.52. The van der Waals surface area contributed by atoms with E-state index in [1.165, 1.54) is 5.56 Å². The molecule has 0 saturated carbocycles. The molecule has 1 rings (SSSR count). The van der Waals surface area contributed by atoms with Crippen LogP contribution >= 0.6 is 24.0 Å². The summed E-state index contributed by atoms with van der Waals surface area (Å²) in [7, 11) is 1.78. The highest BCUT2D eigenvalue weighted by atomic mass is 127. The molecule has 0 heterocycles. The van der Waals surface area contributed by atoms with Crippen molar-refractivity contribution >= 4 is 29.9 Å². The number of halogens is 1. The van der Waals surface area contributed by atoms with Gasteiger partial charge in [-0.1, -0.05) is 43.7 Å². The number of nitrogens with zero attached hydrogens (tertiary/aromatic N) is 1. The molecule has 0 aromatic heterocycles. The maximum absolute atomic E-state index is 5.57. The van der Waals surface area contributed by atoms with Crippen molar-refractivity contribution in [1.29, 1.82) is 0 Å². The molecule has 0 bridgehead atoms. The van der Waals surface area contributed by atoms with Crippen LogP contribution in [0, 0.1) is 0 Å². The summed E-state index contributed by atoms with van der Waals surface area (Å²) in [6.07, 6.45) is 2.27. The number of hydrogen-bond acceptors (Lipinski definition) is 4. The summed E-state index contributed by atoms with van der Waals surface area (Å²) < 4.78 is 11.0. The van der Waals surface area contributed by atoms with E-state index in [-0.39, 0.29) is 35.6 Å². The minimum Gasteiger partial charge on any atom is -0.379 e. The van der Waals surface area contributed by atoms with Crippen molar-refractivity contribution in [2.45, 2.75) is 52.1 Å². The van der Waals surface area contributed by atoms with Gasteiger partial charge in [0.2, 0.25) is 0 Å². The van der Waals surface area contributed by atoms with Crippen molar-refractivity contribution in [3.05, 3.63) is 35.9 Å². The predicted molar refractivity (Wildman–Crippen MR) is 133 cm³/mol. The number of guanidine groups is 1. The molecule has 0 amide bonds. The quantitative estimate of drug-likeness (QED) is 0.151. The molecule has 1 aromatic carbocycles. The highest BCUT2D eigenvalue weighted by Crippen LogP contribution is 2.15. The summed E-state index contributed by atoms with van der Waals surface area (Å²) in [5, 5.41) is 10.3. The van der Waals surface area contributed by atoms with Gasteiger partial charge in [-0.3, -0.25) is 4.99 Å². The second-order valence-corrected chi connectivity index (χ2v) is 7.59. The molecular weight excluding hydrogens is 479 g/mol. The van der Waals surface area contributed by atoms with Gasteiger partial charge in [0.15, 0.2) is 5.96 Å². The summed E-state index contributed by atoms with van der Waals surface area (Å²) in [5.74, 6) is 0.782. The summed E-state index contributed by atoms with van der Waals surface area (Å²) in [6.45, 7) is 12.9. The second kappa shape index (κ2) is 16.8. The Bertz CT molecular complexity index is 541. The van der Waals surface area contributed by atoms with Crippen LogP contribution in [0.2, 0.25) is 0 Å². The minimum absolute atomic E-state index is 0. The third-order valence-corrected chi connectivity index (χ3v) is 4.38. The maximum atomic E-state index is 5.57. The Morgan fingerprint density at radius 1 is 1.03 bits per heavy atom. The van der Waals surface area contributed by atoms with Crippen molar-refractivity contribution in [2.24, 2.45) is 4.99 Å². The minimum atomic E-state index is -0.0841. The zero-order chi connectivity index (χ0) is 20.7. The number of nitrogens with one attached hydrogen (secondary N) is 3. The van der Waals surface area contributed by atoms with Gasteiger partial charge in [0.1, 0.15) is 0 Å². The van der Waals surface area contributed by atoms with E-state index in [1.54, 1.807) is 7.05 Å². The fourth-order valence-corrected chi connectivity index (χ4v) is 2.80. The first-order valence-electron chi connectivity index (χ1n) is 10.4. The molecule has 0 spiro atoms. The van der Waals surface area contributed by atoms with E-state index in [9.17, 15) is 0 Å². The van der Waals surface area contributed by atoms with Crippen LogP contribution in [0.15, 0.2) is 35.3 Å². The van der Waals surface area contributed by atoms with Gasteiger partial charge in [-0.2, -0.15) is 0 Å². The first-order valence-corrected chi connectivity index (χ1v) is 10.4. The number of aliphatic imine (C=N–C) groups is 1. The van der Waals surface area contributed by atoms with E-state index in [0.717, 1.165) is 32.0 Å². The van der Waals surface area contributed by atoms with Crippen LogP contribution < -0.4 is 16.0 Å². The van der Waals surface area contributed by atoms with Gasteiger partial charge in [0, 0.05) is 38.3 Å². The van der Waals surface area contributed by atoms with Gasteiger partial charge in [-0.25, -0.2) is 0 Å². The summed E-state index contributed by atoms with van der Waals surface area (Å²) in [4.78, 5) is 4.28. The number of hydrogen-bond donors (Lipinski definition) is 3. The van der Waals surface area contributed by atoms with Crippen molar-refractivity contribution in [3.63, 3.8) is 0 Å². The molecule has 0 aliphatic rings. The number of rotatable bonds is 14. The smallest absolute Gasteiger partial charge is 0.191 e. The van der Waals surface area contributed by atoms with Crippen molar-refractivity contribution in [3.8, 4) is 0 Å². The first-order chi connectivity index (χ1) is 13.5. The zero-order valence-corrected chi connectivity index (χ0v) is 21.1.